The van der Waals surface area contributed by atoms with Crippen LogP contribution in [0.25, 0.3) is 11.1 Å². The molecule has 1 aromatic heterocycles. The molecule has 3 atom stereocenters. The number of nitrogens with zero attached hydrogens (tertiary/aromatic N) is 3. The smallest absolute Gasteiger partial charge is 0.309 e. The molecule has 0 N–H and O–H groups in total. The lowest BCUT2D eigenvalue weighted by Gasteiger charge is -2.33. The molecule has 43 heavy (non-hydrogen) atoms. The molecule has 0 spiro atoms. The number of likely N-dealkylation sites (N-methyl/N-ethyl adjacent to an activating group) is 1. The quantitative estimate of drug-likeness (QED) is 0.284. The van der Waals surface area contributed by atoms with E-state index in [0.29, 0.717) is 17.4 Å². The SMILES string of the molecule is COC(=O)[C@@H](C)[C@H](c1ccc2c(c1)OC(c1ccc(-c3cc(OC)ncc3F)c(CN3CCN(C)CC3)c1)CC2)C1CC1. The van der Waals surface area contributed by atoms with Crippen molar-refractivity contribution >= 4 is 5.97 Å². The molecular weight excluding hydrogens is 545 g/mol. The summed E-state index contributed by atoms with van der Waals surface area (Å²) in [5.74, 6) is 1.18. The molecule has 7 nitrogen and oxygen atoms in total. The number of aryl methyl sites for hydroxylation is 1. The molecule has 2 aliphatic heterocycles. The molecule has 3 aliphatic rings. The van der Waals surface area contributed by atoms with Crippen LogP contribution in [0.3, 0.4) is 0 Å². The minimum absolute atomic E-state index is 0.114. The van der Waals surface area contributed by atoms with Gasteiger partial charge in [0.1, 0.15) is 17.7 Å². The molecule has 0 amide bonds. The van der Waals surface area contributed by atoms with Crippen molar-refractivity contribution in [3.05, 3.63) is 76.7 Å². The van der Waals surface area contributed by atoms with E-state index in [1.165, 1.54) is 18.9 Å². The van der Waals surface area contributed by atoms with Crippen LogP contribution in [0.15, 0.2) is 48.7 Å². The second-order valence-corrected chi connectivity index (χ2v) is 12.4. The summed E-state index contributed by atoms with van der Waals surface area (Å²) in [5, 5.41) is 0. The van der Waals surface area contributed by atoms with E-state index in [2.05, 4.69) is 52.2 Å². The van der Waals surface area contributed by atoms with Gasteiger partial charge in [0.15, 0.2) is 0 Å². The van der Waals surface area contributed by atoms with Gasteiger partial charge in [-0.3, -0.25) is 9.69 Å². The number of ether oxygens (including phenoxy) is 3. The van der Waals surface area contributed by atoms with Crippen LogP contribution in [-0.2, 0) is 22.5 Å². The number of methoxy groups -OCH3 is 2. The van der Waals surface area contributed by atoms with Gasteiger partial charge in [-0.15, -0.1) is 0 Å². The topological polar surface area (TPSA) is 64.1 Å². The fourth-order valence-corrected chi connectivity index (χ4v) is 6.78. The zero-order valence-electron chi connectivity index (χ0n) is 25.6. The summed E-state index contributed by atoms with van der Waals surface area (Å²) in [7, 11) is 5.16. The van der Waals surface area contributed by atoms with Crippen molar-refractivity contribution in [1.29, 1.82) is 0 Å². The average Bonchev–Trinajstić information content (AvgIpc) is 3.87. The van der Waals surface area contributed by atoms with E-state index in [1.54, 1.807) is 13.2 Å². The summed E-state index contributed by atoms with van der Waals surface area (Å²) in [5.41, 5.74) is 5.84. The first-order valence-electron chi connectivity index (χ1n) is 15.5. The molecule has 2 fully saturated rings. The van der Waals surface area contributed by atoms with Crippen LogP contribution in [-0.4, -0.2) is 68.2 Å². The van der Waals surface area contributed by atoms with Crippen LogP contribution in [0.4, 0.5) is 4.39 Å². The molecule has 1 aliphatic carbocycles. The third-order valence-electron chi connectivity index (χ3n) is 9.48. The van der Waals surface area contributed by atoms with Gasteiger partial charge in [0.05, 0.1) is 26.3 Å². The summed E-state index contributed by atoms with van der Waals surface area (Å²) in [6.45, 7) is 6.64. The fourth-order valence-electron chi connectivity index (χ4n) is 6.78. The van der Waals surface area contributed by atoms with Crippen molar-refractivity contribution in [3.63, 3.8) is 0 Å². The van der Waals surface area contributed by atoms with Gasteiger partial charge in [-0.25, -0.2) is 9.37 Å². The normalized spacial score (nSPS) is 20.5. The minimum Gasteiger partial charge on any atom is -0.485 e. The third kappa shape index (κ3) is 6.41. The predicted octanol–water partition coefficient (Wildman–Crippen LogP) is 6.01. The zero-order valence-corrected chi connectivity index (χ0v) is 25.6. The summed E-state index contributed by atoms with van der Waals surface area (Å²) in [6, 6.07) is 14.5. The maximum absolute atomic E-state index is 15.1. The highest BCUT2D eigenvalue weighted by atomic mass is 19.1. The monoisotopic (exact) mass is 587 g/mol. The second kappa shape index (κ2) is 12.6. The van der Waals surface area contributed by atoms with E-state index >= 15 is 4.39 Å². The highest BCUT2D eigenvalue weighted by molar-refractivity contribution is 5.73. The summed E-state index contributed by atoms with van der Waals surface area (Å²) < 4.78 is 32.3. The maximum atomic E-state index is 15.1. The van der Waals surface area contributed by atoms with E-state index in [0.717, 1.165) is 86.4 Å². The zero-order chi connectivity index (χ0) is 30.1. The van der Waals surface area contributed by atoms with Crippen molar-refractivity contribution in [1.82, 2.24) is 14.8 Å². The molecule has 3 aromatic rings. The lowest BCUT2D eigenvalue weighted by atomic mass is 9.82. The van der Waals surface area contributed by atoms with Gasteiger partial charge >= 0.3 is 5.97 Å². The molecule has 228 valence electrons. The van der Waals surface area contributed by atoms with Crippen molar-refractivity contribution in [3.8, 4) is 22.8 Å². The highest BCUT2D eigenvalue weighted by Crippen LogP contribution is 2.48. The van der Waals surface area contributed by atoms with Gasteiger partial charge in [0, 0.05) is 44.4 Å². The molecule has 6 rings (SSSR count). The Morgan fingerprint density at radius 3 is 2.56 bits per heavy atom. The number of hydrogen-bond donors (Lipinski definition) is 0. The summed E-state index contributed by atoms with van der Waals surface area (Å²) in [4.78, 5) is 21.3. The average molecular weight is 588 g/mol. The van der Waals surface area contributed by atoms with Gasteiger partial charge in [-0.1, -0.05) is 37.3 Å². The van der Waals surface area contributed by atoms with Gasteiger partial charge in [0.2, 0.25) is 5.88 Å². The lowest BCUT2D eigenvalue weighted by molar-refractivity contribution is -0.145. The molecule has 3 heterocycles. The number of hydrogen-bond acceptors (Lipinski definition) is 7. The molecular formula is C35H42FN3O4. The van der Waals surface area contributed by atoms with E-state index in [9.17, 15) is 4.79 Å². The first-order chi connectivity index (χ1) is 20.8. The largest absolute Gasteiger partial charge is 0.485 e. The fraction of sp³-hybridized carbons (Fsp3) is 0.486. The van der Waals surface area contributed by atoms with E-state index in [-0.39, 0.29) is 29.7 Å². The van der Waals surface area contributed by atoms with E-state index < -0.39 is 0 Å². The Kier molecular flexibility index (Phi) is 8.68. The molecule has 1 saturated heterocycles. The molecule has 1 unspecified atom stereocenters. The van der Waals surface area contributed by atoms with E-state index in [1.807, 2.05) is 13.0 Å². The van der Waals surface area contributed by atoms with Crippen LogP contribution in [0.5, 0.6) is 11.6 Å². The standard InChI is InChI=1S/C35H42FN3O4/c1-22(35(40)42-4)34(24-6-7-24)26-8-5-23-10-12-31(43-32(23)18-26)25-9-11-28(29-19-33(41-3)37-20-30(29)36)27(17-25)21-39-15-13-38(2)14-16-39/h5,8-9,11,17-20,22,24,31,34H,6-7,10,12-16,21H2,1-4H3/t22-,31?,34-/m0/s1. The maximum Gasteiger partial charge on any atom is 0.309 e. The lowest BCUT2D eigenvalue weighted by Crippen LogP contribution is -2.43. The number of aromatic nitrogens is 1. The number of benzene rings is 2. The van der Waals surface area contributed by atoms with Crippen molar-refractivity contribution in [2.45, 2.75) is 51.2 Å². The van der Waals surface area contributed by atoms with Crippen LogP contribution < -0.4 is 9.47 Å². The molecule has 1 saturated carbocycles. The number of pyridine rings is 1. The summed E-state index contributed by atoms with van der Waals surface area (Å²) in [6.07, 6.45) is 5.17. The molecule has 0 radical (unpaired) electrons. The first kappa shape index (κ1) is 29.6. The van der Waals surface area contributed by atoms with Crippen molar-refractivity contribution < 1.29 is 23.4 Å². The third-order valence-corrected chi connectivity index (χ3v) is 9.48. The van der Waals surface area contributed by atoms with Crippen LogP contribution >= 0.6 is 0 Å². The van der Waals surface area contributed by atoms with Crippen LogP contribution in [0, 0.1) is 17.7 Å². The van der Waals surface area contributed by atoms with E-state index in [4.69, 9.17) is 14.2 Å². The predicted molar refractivity (Wildman–Crippen MR) is 164 cm³/mol. The Balaban J connectivity index is 1.30. The van der Waals surface area contributed by atoms with Gasteiger partial charge in [-0.05, 0) is 78.5 Å². The summed E-state index contributed by atoms with van der Waals surface area (Å²) >= 11 is 0. The Morgan fingerprint density at radius 1 is 1.05 bits per heavy atom. The number of carbonyl (C=O) groups excluding carboxylic acids is 1. The van der Waals surface area contributed by atoms with Gasteiger partial charge in [-0.2, -0.15) is 0 Å². The Hall–Kier alpha value is -3.49. The number of halogens is 1. The number of fused-ring (bicyclic) bond motifs is 1. The van der Waals surface area contributed by atoms with Crippen LogP contribution in [0.2, 0.25) is 0 Å². The Morgan fingerprint density at radius 2 is 1.84 bits per heavy atom. The molecule has 8 heteroatoms. The number of esters is 1. The van der Waals surface area contributed by atoms with Gasteiger partial charge < -0.3 is 19.1 Å². The molecule has 2 aromatic carbocycles. The van der Waals surface area contributed by atoms with Crippen molar-refractivity contribution in [2.24, 2.45) is 11.8 Å². The number of carbonyl (C=O) groups is 1. The Bertz CT molecular complexity index is 1470. The second-order valence-electron chi connectivity index (χ2n) is 12.4. The first-order valence-corrected chi connectivity index (χ1v) is 15.5. The number of rotatable bonds is 9. The number of piperazine rings is 1. The molecule has 0 bridgehead atoms. The highest BCUT2D eigenvalue weighted by Gasteiger charge is 2.39. The van der Waals surface area contributed by atoms with Crippen molar-refractivity contribution in [2.75, 3.05) is 47.4 Å². The minimum atomic E-state index is -0.366. The van der Waals surface area contributed by atoms with Crippen LogP contribution in [0.1, 0.15) is 60.5 Å². The Labute approximate surface area is 254 Å². The van der Waals surface area contributed by atoms with Gasteiger partial charge in [0.25, 0.3) is 0 Å².